The van der Waals surface area contributed by atoms with Crippen molar-refractivity contribution in [2.45, 2.75) is 6.04 Å². The fraction of sp³-hybridized carbons (Fsp3) is 0.143. The van der Waals surface area contributed by atoms with Crippen LogP contribution in [0.4, 0.5) is 17.6 Å². The van der Waals surface area contributed by atoms with Gasteiger partial charge in [-0.05, 0) is 24.7 Å². The Morgan fingerprint density at radius 3 is 2.05 bits per heavy atom. The first-order chi connectivity index (χ1) is 9.43. The SMILES string of the molecule is CNC(c1ccc(Cl)c(F)c1)c1c(F)cc(F)cc1F. The largest absolute Gasteiger partial charge is 0.309 e. The number of hydrogen-bond donors (Lipinski definition) is 1. The van der Waals surface area contributed by atoms with Crippen LogP contribution in [0.2, 0.25) is 5.02 Å². The van der Waals surface area contributed by atoms with Gasteiger partial charge in [-0.2, -0.15) is 0 Å². The van der Waals surface area contributed by atoms with Gasteiger partial charge in [-0.1, -0.05) is 17.7 Å². The average Bonchev–Trinajstić information content (AvgIpc) is 2.37. The van der Waals surface area contributed by atoms with Crippen molar-refractivity contribution in [2.75, 3.05) is 7.05 Å². The van der Waals surface area contributed by atoms with Crippen molar-refractivity contribution in [3.05, 3.63) is 69.8 Å². The molecule has 1 unspecified atom stereocenters. The van der Waals surface area contributed by atoms with Crippen LogP contribution in [0.5, 0.6) is 0 Å². The third kappa shape index (κ3) is 2.78. The summed E-state index contributed by atoms with van der Waals surface area (Å²) in [6.45, 7) is 0. The number of halogens is 5. The molecule has 0 aliphatic rings. The van der Waals surface area contributed by atoms with E-state index in [9.17, 15) is 17.6 Å². The molecule has 0 radical (unpaired) electrons. The molecular formula is C14H10ClF4N. The van der Waals surface area contributed by atoms with E-state index in [1.165, 1.54) is 19.2 Å². The van der Waals surface area contributed by atoms with Gasteiger partial charge in [0.2, 0.25) is 0 Å². The fourth-order valence-electron chi connectivity index (χ4n) is 2.00. The Hall–Kier alpha value is -1.59. The van der Waals surface area contributed by atoms with E-state index >= 15 is 0 Å². The maximum atomic E-state index is 13.8. The first-order valence-corrected chi connectivity index (χ1v) is 6.08. The predicted octanol–water partition coefficient (Wildman–Crippen LogP) is 4.21. The van der Waals surface area contributed by atoms with Crippen molar-refractivity contribution in [1.29, 1.82) is 0 Å². The summed E-state index contributed by atoms with van der Waals surface area (Å²) in [5.74, 6) is -3.80. The highest BCUT2D eigenvalue weighted by atomic mass is 35.5. The monoisotopic (exact) mass is 303 g/mol. The van der Waals surface area contributed by atoms with Crippen LogP contribution < -0.4 is 5.32 Å². The molecule has 0 heterocycles. The Balaban J connectivity index is 2.55. The molecule has 0 aromatic heterocycles. The second-order valence-corrected chi connectivity index (χ2v) is 4.59. The van der Waals surface area contributed by atoms with E-state index in [0.29, 0.717) is 12.1 Å². The molecule has 1 atom stereocenters. The molecule has 2 rings (SSSR count). The summed E-state index contributed by atoms with van der Waals surface area (Å²) < 4.78 is 53.9. The first-order valence-electron chi connectivity index (χ1n) is 5.70. The molecule has 0 saturated heterocycles. The minimum absolute atomic E-state index is 0.0938. The van der Waals surface area contributed by atoms with Crippen molar-refractivity contribution in [3.63, 3.8) is 0 Å². The van der Waals surface area contributed by atoms with Gasteiger partial charge < -0.3 is 5.32 Å². The maximum Gasteiger partial charge on any atom is 0.142 e. The molecule has 1 N–H and O–H groups in total. The average molecular weight is 304 g/mol. The molecule has 2 aromatic rings. The van der Waals surface area contributed by atoms with Crippen LogP contribution >= 0.6 is 11.6 Å². The van der Waals surface area contributed by atoms with Gasteiger partial charge >= 0.3 is 0 Å². The third-order valence-electron chi connectivity index (χ3n) is 2.90. The van der Waals surface area contributed by atoms with E-state index in [0.717, 1.165) is 6.07 Å². The standard InChI is InChI=1S/C14H10ClF4N/c1-20-14(7-2-3-9(15)10(17)4-7)13-11(18)5-8(16)6-12(13)19/h2-6,14,20H,1H3. The van der Waals surface area contributed by atoms with Crippen molar-refractivity contribution >= 4 is 11.6 Å². The summed E-state index contributed by atoms with van der Waals surface area (Å²) in [5, 5.41) is 2.58. The van der Waals surface area contributed by atoms with Crippen LogP contribution in [0.1, 0.15) is 17.2 Å². The van der Waals surface area contributed by atoms with Crippen LogP contribution in [-0.2, 0) is 0 Å². The smallest absolute Gasteiger partial charge is 0.142 e. The molecular weight excluding hydrogens is 294 g/mol. The van der Waals surface area contributed by atoms with Gasteiger partial charge in [-0.3, -0.25) is 0 Å². The lowest BCUT2D eigenvalue weighted by Crippen LogP contribution is -2.21. The van der Waals surface area contributed by atoms with Crippen LogP contribution in [0, 0.1) is 23.3 Å². The summed E-state index contributed by atoms with van der Waals surface area (Å²) in [6, 6.07) is 4.00. The highest BCUT2D eigenvalue weighted by molar-refractivity contribution is 6.30. The van der Waals surface area contributed by atoms with E-state index in [1.54, 1.807) is 0 Å². The fourth-order valence-corrected chi connectivity index (χ4v) is 2.12. The molecule has 0 saturated carbocycles. The molecule has 106 valence electrons. The van der Waals surface area contributed by atoms with Gasteiger partial charge in [0, 0.05) is 17.7 Å². The van der Waals surface area contributed by atoms with E-state index in [-0.39, 0.29) is 16.1 Å². The molecule has 0 spiro atoms. The second kappa shape index (κ2) is 5.81. The topological polar surface area (TPSA) is 12.0 Å². The molecule has 6 heteroatoms. The predicted molar refractivity (Wildman–Crippen MR) is 68.6 cm³/mol. The summed E-state index contributed by atoms with van der Waals surface area (Å²) in [7, 11) is 1.46. The molecule has 0 aliphatic carbocycles. The maximum absolute atomic E-state index is 13.8. The lowest BCUT2D eigenvalue weighted by molar-refractivity contribution is 0.499. The Kier molecular flexibility index (Phi) is 4.30. The molecule has 0 bridgehead atoms. The summed E-state index contributed by atoms with van der Waals surface area (Å²) >= 11 is 5.56. The minimum Gasteiger partial charge on any atom is -0.309 e. The van der Waals surface area contributed by atoms with Crippen molar-refractivity contribution < 1.29 is 17.6 Å². The normalized spacial score (nSPS) is 12.5. The summed E-state index contributed by atoms with van der Waals surface area (Å²) in [4.78, 5) is 0. The van der Waals surface area contributed by atoms with Crippen molar-refractivity contribution in [3.8, 4) is 0 Å². The Morgan fingerprint density at radius 2 is 1.55 bits per heavy atom. The van der Waals surface area contributed by atoms with Crippen LogP contribution in [0.15, 0.2) is 30.3 Å². The quantitative estimate of drug-likeness (QED) is 0.838. The molecule has 2 aromatic carbocycles. The van der Waals surface area contributed by atoms with E-state index in [1.807, 2.05) is 0 Å². The van der Waals surface area contributed by atoms with Gasteiger partial charge in [0.25, 0.3) is 0 Å². The van der Waals surface area contributed by atoms with Crippen LogP contribution in [0.25, 0.3) is 0 Å². The molecule has 0 amide bonds. The number of rotatable bonds is 3. The van der Waals surface area contributed by atoms with Gasteiger partial charge in [-0.15, -0.1) is 0 Å². The van der Waals surface area contributed by atoms with E-state index in [4.69, 9.17) is 11.6 Å². The molecule has 20 heavy (non-hydrogen) atoms. The van der Waals surface area contributed by atoms with Crippen molar-refractivity contribution in [1.82, 2.24) is 5.32 Å². The summed E-state index contributed by atoms with van der Waals surface area (Å²) in [6.07, 6.45) is 0. The van der Waals surface area contributed by atoms with E-state index in [2.05, 4.69) is 5.32 Å². The molecule has 0 fully saturated rings. The van der Waals surface area contributed by atoms with Gasteiger partial charge in [0.05, 0.1) is 11.1 Å². The lowest BCUT2D eigenvalue weighted by atomic mass is 9.97. The number of benzene rings is 2. The molecule has 1 nitrogen and oxygen atoms in total. The second-order valence-electron chi connectivity index (χ2n) is 4.18. The molecule has 0 aliphatic heterocycles. The first kappa shape index (κ1) is 14.8. The van der Waals surface area contributed by atoms with Crippen molar-refractivity contribution in [2.24, 2.45) is 0 Å². The zero-order valence-electron chi connectivity index (χ0n) is 10.4. The van der Waals surface area contributed by atoms with Gasteiger partial charge in [-0.25, -0.2) is 17.6 Å². The summed E-state index contributed by atoms with van der Waals surface area (Å²) in [5.41, 5.74) is -0.102. The zero-order valence-corrected chi connectivity index (χ0v) is 11.1. The zero-order chi connectivity index (χ0) is 14.9. The lowest BCUT2D eigenvalue weighted by Gasteiger charge is -2.19. The minimum atomic E-state index is -1.04. The van der Waals surface area contributed by atoms with Gasteiger partial charge in [0.1, 0.15) is 23.3 Å². The Labute approximate surface area is 118 Å². The highest BCUT2D eigenvalue weighted by Crippen LogP contribution is 2.29. The highest BCUT2D eigenvalue weighted by Gasteiger charge is 2.22. The van der Waals surface area contributed by atoms with Crippen LogP contribution in [-0.4, -0.2) is 7.05 Å². The Morgan fingerprint density at radius 1 is 0.950 bits per heavy atom. The Bertz CT molecular complexity index is 622. The number of nitrogens with one attached hydrogen (secondary N) is 1. The number of hydrogen-bond acceptors (Lipinski definition) is 1. The van der Waals surface area contributed by atoms with Crippen LogP contribution in [0.3, 0.4) is 0 Å². The van der Waals surface area contributed by atoms with Gasteiger partial charge in [0.15, 0.2) is 0 Å². The third-order valence-corrected chi connectivity index (χ3v) is 3.20. The van der Waals surface area contributed by atoms with E-state index < -0.39 is 29.3 Å².